The molecule has 13 heavy (non-hydrogen) atoms. The van der Waals surface area contributed by atoms with Crippen LogP contribution in [0.15, 0.2) is 12.4 Å². The van der Waals surface area contributed by atoms with Crippen LogP contribution in [0.2, 0.25) is 0 Å². The summed E-state index contributed by atoms with van der Waals surface area (Å²) in [6.45, 7) is 4.54. The van der Waals surface area contributed by atoms with Crippen LogP contribution in [0.4, 0.5) is 5.69 Å². The van der Waals surface area contributed by atoms with Crippen molar-refractivity contribution in [2.75, 3.05) is 5.32 Å². The minimum absolute atomic E-state index is 0.0601. The lowest BCUT2D eigenvalue weighted by Crippen LogP contribution is -2.04. The Morgan fingerprint density at radius 1 is 1.69 bits per heavy atom. The molecule has 1 amide bonds. The predicted molar refractivity (Wildman–Crippen MR) is 51.4 cm³/mol. The van der Waals surface area contributed by atoms with Gasteiger partial charge in [0.1, 0.15) is 0 Å². The average Bonchev–Trinajstić information content (AvgIpc) is 2.48. The summed E-state index contributed by atoms with van der Waals surface area (Å²) >= 11 is 0. The molecule has 0 unspecified atom stereocenters. The molecule has 1 rings (SSSR count). The fraction of sp³-hybridized carbons (Fsp3) is 0.556. The Morgan fingerprint density at radius 2 is 2.46 bits per heavy atom. The fourth-order valence-corrected chi connectivity index (χ4v) is 1.07. The first kappa shape index (κ1) is 9.77. The number of unbranched alkanes of at least 4 members (excludes halogenated alkanes) is 1. The zero-order valence-electron chi connectivity index (χ0n) is 8.08. The number of nitrogens with zero attached hydrogens (tertiary/aromatic N) is 2. The van der Waals surface area contributed by atoms with Gasteiger partial charge >= 0.3 is 0 Å². The molecule has 4 heteroatoms. The largest absolute Gasteiger partial charge is 0.324 e. The van der Waals surface area contributed by atoms with Crippen LogP contribution in [0.5, 0.6) is 0 Å². The van der Waals surface area contributed by atoms with Crippen molar-refractivity contribution < 1.29 is 4.79 Å². The minimum Gasteiger partial charge on any atom is -0.324 e. The number of carbonyl (C=O) groups excluding carboxylic acids is 1. The Balaban J connectivity index is 2.48. The number of aromatic nitrogens is 2. The first-order valence-corrected chi connectivity index (χ1v) is 4.52. The molecule has 0 radical (unpaired) electrons. The standard InChI is InChI=1S/C9H15N3O/c1-3-4-5-12-7-9(6-10-12)11-8(2)13/h6-7H,3-5H2,1-2H3,(H,11,13). The van der Waals surface area contributed by atoms with Gasteiger partial charge in [-0.15, -0.1) is 0 Å². The second-order valence-electron chi connectivity index (χ2n) is 3.03. The van der Waals surface area contributed by atoms with Crippen molar-refractivity contribution in [3.05, 3.63) is 12.4 Å². The Morgan fingerprint density at radius 3 is 3.08 bits per heavy atom. The average molecular weight is 181 g/mol. The van der Waals surface area contributed by atoms with Crippen molar-refractivity contribution in [1.82, 2.24) is 9.78 Å². The van der Waals surface area contributed by atoms with E-state index in [4.69, 9.17) is 0 Å². The summed E-state index contributed by atoms with van der Waals surface area (Å²) in [5.41, 5.74) is 0.767. The second-order valence-corrected chi connectivity index (χ2v) is 3.03. The van der Waals surface area contributed by atoms with Gasteiger partial charge in [-0.1, -0.05) is 13.3 Å². The van der Waals surface area contributed by atoms with Gasteiger partial charge in [0.25, 0.3) is 0 Å². The molecule has 0 atom stereocenters. The number of hydrogen-bond donors (Lipinski definition) is 1. The van der Waals surface area contributed by atoms with E-state index in [0.29, 0.717) is 0 Å². The van der Waals surface area contributed by atoms with Gasteiger partial charge < -0.3 is 5.32 Å². The van der Waals surface area contributed by atoms with Gasteiger partial charge in [0.15, 0.2) is 0 Å². The molecule has 0 aliphatic rings. The highest BCUT2D eigenvalue weighted by molar-refractivity contribution is 5.88. The van der Waals surface area contributed by atoms with E-state index < -0.39 is 0 Å². The first-order chi connectivity index (χ1) is 6.22. The summed E-state index contributed by atoms with van der Waals surface area (Å²) in [5.74, 6) is -0.0601. The summed E-state index contributed by atoms with van der Waals surface area (Å²) in [7, 11) is 0. The van der Waals surface area contributed by atoms with E-state index in [-0.39, 0.29) is 5.91 Å². The van der Waals surface area contributed by atoms with E-state index in [2.05, 4.69) is 17.3 Å². The highest BCUT2D eigenvalue weighted by atomic mass is 16.1. The number of carbonyl (C=O) groups is 1. The van der Waals surface area contributed by atoms with Crippen LogP contribution in [-0.4, -0.2) is 15.7 Å². The lowest BCUT2D eigenvalue weighted by Gasteiger charge is -1.97. The van der Waals surface area contributed by atoms with Gasteiger partial charge in [0, 0.05) is 19.7 Å². The second kappa shape index (κ2) is 4.64. The third kappa shape index (κ3) is 3.27. The topological polar surface area (TPSA) is 46.9 Å². The van der Waals surface area contributed by atoms with Gasteiger partial charge in [0.05, 0.1) is 11.9 Å². The number of aryl methyl sites for hydroxylation is 1. The van der Waals surface area contributed by atoms with Crippen molar-refractivity contribution in [2.45, 2.75) is 33.2 Å². The van der Waals surface area contributed by atoms with Crippen LogP contribution in [0.1, 0.15) is 26.7 Å². The lowest BCUT2D eigenvalue weighted by atomic mass is 10.3. The molecule has 0 aromatic carbocycles. The van der Waals surface area contributed by atoms with Crippen molar-refractivity contribution in [3.63, 3.8) is 0 Å². The molecular weight excluding hydrogens is 166 g/mol. The van der Waals surface area contributed by atoms with Gasteiger partial charge in [0.2, 0.25) is 5.91 Å². The Labute approximate surface area is 77.9 Å². The Kier molecular flexibility index (Phi) is 3.49. The first-order valence-electron chi connectivity index (χ1n) is 4.52. The maximum Gasteiger partial charge on any atom is 0.221 e. The number of rotatable bonds is 4. The Bertz CT molecular complexity index is 280. The molecule has 0 saturated carbocycles. The molecule has 0 aliphatic heterocycles. The number of amides is 1. The van der Waals surface area contributed by atoms with Crippen LogP contribution in [0, 0.1) is 0 Å². The molecule has 0 spiro atoms. The normalized spacial score (nSPS) is 10.0. The van der Waals surface area contributed by atoms with E-state index in [1.165, 1.54) is 6.92 Å². The van der Waals surface area contributed by atoms with Crippen molar-refractivity contribution in [2.24, 2.45) is 0 Å². The summed E-state index contributed by atoms with van der Waals surface area (Å²) in [4.78, 5) is 10.7. The van der Waals surface area contributed by atoms with Crippen LogP contribution >= 0.6 is 0 Å². The SMILES string of the molecule is CCCCn1cc(NC(C)=O)cn1. The zero-order chi connectivity index (χ0) is 9.68. The van der Waals surface area contributed by atoms with Crippen LogP contribution in [-0.2, 0) is 11.3 Å². The Hall–Kier alpha value is -1.32. The molecule has 4 nitrogen and oxygen atoms in total. The molecule has 1 aromatic heterocycles. The summed E-state index contributed by atoms with van der Waals surface area (Å²) < 4.78 is 1.84. The zero-order valence-corrected chi connectivity index (χ0v) is 8.08. The summed E-state index contributed by atoms with van der Waals surface area (Å²) in [5, 5.41) is 6.79. The maximum absolute atomic E-state index is 10.7. The summed E-state index contributed by atoms with van der Waals surface area (Å²) in [6.07, 6.45) is 5.77. The molecule has 0 aliphatic carbocycles. The molecular formula is C9H15N3O. The summed E-state index contributed by atoms with van der Waals surface area (Å²) in [6, 6.07) is 0. The highest BCUT2D eigenvalue weighted by Crippen LogP contribution is 2.05. The smallest absolute Gasteiger partial charge is 0.221 e. The third-order valence-electron chi connectivity index (χ3n) is 1.69. The van der Waals surface area contributed by atoms with Crippen LogP contribution in [0.25, 0.3) is 0 Å². The van der Waals surface area contributed by atoms with Gasteiger partial charge in [-0.05, 0) is 6.42 Å². The minimum atomic E-state index is -0.0601. The van der Waals surface area contributed by atoms with Crippen LogP contribution < -0.4 is 5.32 Å². The quantitative estimate of drug-likeness (QED) is 0.767. The molecule has 0 saturated heterocycles. The fourth-order valence-electron chi connectivity index (χ4n) is 1.07. The molecule has 1 N–H and O–H groups in total. The van der Waals surface area contributed by atoms with Crippen LogP contribution in [0.3, 0.4) is 0 Å². The highest BCUT2D eigenvalue weighted by Gasteiger charge is 1.98. The molecule has 0 bridgehead atoms. The van der Waals surface area contributed by atoms with E-state index in [9.17, 15) is 4.79 Å². The number of anilines is 1. The van der Waals surface area contributed by atoms with Gasteiger partial charge in [-0.2, -0.15) is 5.10 Å². The van der Waals surface area contributed by atoms with E-state index in [0.717, 1.165) is 25.1 Å². The van der Waals surface area contributed by atoms with Crippen molar-refractivity contribution in [3.8, 4) is 0 Å². The lowest BCUT2D eigenvalue weighted by molar-refractivity contribution is -0.114. The predicted octanol–water partition coefficient (Wildman–Crippen LogP) is 1.64. The van der Waals surface area contributed by atoms with Crippen molar-refractivity contribution >= 4 is 11.6 Å². The van der Waals surface area contributed by atoms with Crippen molar-refractivity contribution in [1.29, 1.82) is 0 Å². The molecule has 1 heterocycles. The van der Waals surface area contributed by atoms with E-state index in [1.54, 1.807) is 6.20 Å². The molecule has 72 valence electrons. The third-order valence-corrected chi connectivity index (χ3v) is 1.69. The number of nitrogens with one attached hydrogen (secondary N) is 1. The van der Waals surface area contributed by atoms with Gasteiger partial charge in [-0.25, -0.2) is 0 Å². The monoisotopic (exact) mass is 181 g/mol. The molecule has 0 fully saturated rings. The number of hydrogen-bond acceptors (Lipinski definition) is 2. The maximum atomic E-state index is 10.7. The van der Waals surface area contributed by atoms with E-state index in [1.807, 2.05) is 10.9 Å². The molecule has 1 aromatic rings. The van der Waals surface area contributed by atoms with Gasteiger partial charge in [-0.3, -0.25) is 9.48 Å². The van der Waals surface area contributed by atoms with E-state index >= 15 is 0 Å².